The lowest BCUT2D eigenvalue weighted by atomic mass is 10.1. The van der Waals surface area contributed by atoms with Crippen LogP contribution in [0, 0.1) is 0 Å². The first-order chi connectivity index (χ1) is 51.7. The Balaban J connectivity index is 5.48. The summed E-state index contributed by atoms with van der Waals surface area (Å²) >= 11 is 0. The van der Waals surface area contributed by atoms with Crippen LogP contribution in [-0.4, -0.2) is 96.7 Å². The molecule has 17 nitrogen and oxygen atoms in total. The zero-order valence-corrected chi connectivity index (χ0v) is 68.1. The molecule has 0 aromatic carbocycles. The number of hydrogen-bond acceptors (Lipinski definition) is 15. The Morgan fingerprint density at radius 1 is 0.274 bits per heavy atom. The topological polar surface area (TPSA) is 237 Å². The fourth-order valence-electron chi connectivity index (χ4n) is 10.5. The second-order valence-corrected chi connectivity index (χ2v) is 29.9. The highest BCUT2D eigenvalue weighted by atomic mass is 31.2. The van der Waals surface area contributed by atoms with E-state index in [0.717, 1.165) is 154 Å². The molecule has 0 fully saturated rings. The number of hydrogen-bond donors (Lipinski definition) is 3. The molecule has 19 heteroatoms. The van der Waals surface area contributed by atoms with E-state index in [1.54, 1.807) is 0 Å². The third-order valence-electron chi connectivity index (χ3n) is 16.8. The molecule has 0 heterocycles. The minimum absolute atomic E-state index is 0.0339. The smallest absolute Gasteiger partial charge is 0.462 e. The highest BCUT2D eigenvalue weighted by molar-refractivity contribution is 7.47. The average molecular weight is 1530 g/mol. The highest BCUT2D eigenvalue weighted by Crippen LogP contribution is 2.45. The molecule has 0 aliphatic rings. The van der Waals surface area contributed by atoms with Crippen molar-refractivity contribution in [1.82, 2.24) is 0 Å². The Morgan fingerprint density at radius 3 is 0.858 bits per heavy atom. The van der Waals surface area contributed by atoms with E-state index in [9.17, 15) is 43.2 Å². The SMILES string of the molecule is CC/C=C\C/C=C\C/C=C\C/C=C\C/C=C\CCCCCC(=O)O[C@H](COC(=O)CCCCCCC/C=C\CCCCCC)COP(=O)(O)OC[C@H](O)COP(=O)(O)OC[C@@H](COC(=O)CCCCCCC/C=C\CCCCCCCC)OC(=O)CC/C=C\C/C=C\C/C=C\C/C=C\C/C=C\CCCCC. The fourth-order valence-corrected chi connectivity index (χ4v) is 12.1. The molecule has 0 rings (SSSR count). The number of phosphoric acid groups is 2. The van der Waals surface area contributed by atoms with Crippen LogP contribution in [-0.2, 0) is 65.4 Å². The molecule has 0 bridgehead atoms. The number of aliphatic hydroxyl groups excluding tert-OH is 1. The second-order valence-electron chi connectivity index (χ2n) is 27.0. The molecule has 0 aromatic heterocycles. The third kappa shape index (κ3) is 77.1. The number of ether oxygens (including phenoxy) is 4. The van der Waals surface area contributed by atoms with Crippen LogP contribution in [0.4, 0.5) is 0 Å². The van der Waals surface area contributed by atoms with Crippen molar-refractivity contribution in [3.05, 3.63) is 146 Å². The lowest BCUT2D eigenvalue weighted by Crippen LogP contribution is -2.30. The molecule has 0 aromatic rings. The van der Waals surface area contributed by atoms with Gasteiger partial charge in [0.2, 0.25) is 0 Å². The van der Waals surface area contributed by atoms with Crippen molar-refractivity contribution in [1.29, 1.82) is 0 Å². The summed E-state index contributed by atoms with van der Waals surface area (Å²) in [5.41, 5.74) is 0. The number of carbonyl (C=O) groups excluding carboxylic acids is 4. The van der Waals surface area contributed by atoms with Crippen molar-refractivity contribution in [2.45, 2.75) is 341 Å². The van der Waals surface area contributed by atoms with Crippen LogP contribution in [0.15, 0.2) is 146 Å². The van der Waals surface area contributed by atoms with E-state index in [2.05, 4.69) is 155 Å². The van der Waals surface area contributed by atoms with Gasteiger partial charge in [-0.15, -0.1) is 0 Å². The number of carbonyl (C=O) groups is 4. The maximum atomic E-state index is 13.1. The number of unbranched alkanes of at least 4 members (excludes halogenated alkanes) is 26. The molecule has 106 heavy (non-hydrogen) atoms. The normalized spacial score (nSPS) is 14.6. The highest BCUT2D eigenvalue weighted by Gasteiger charge is 2.30. The van der Waals surface area contributed by atoms with Gasteiger partial charge in [0, 0.05) is 25.7 Å². The van der Waals surface area contributed by atoms with E-state index in [-0.39, 0.29) is 25.7 Å². The van der Waals surface area contributed by atoms with Crippen molar-refractivity contribution in [3.63, 3.8) is 0 Å². The van der Waals surface area contributed by atoms with Crippen molar-refractivity contribution in [3.8, 4) is 0 Å². The van der Waals surface area contributed by atoms with E-state index in [0.29, 0.717) is 32.1 Å². The molecule has 0 saturated heterocycles. The molecular weight excluding hydrogens is 1380 g/mol. The van der Waals surface area contributed by atoms with Crippen LogP contribution in [0.1, 0.15) is 323 Å². The minimum Gasteiger partial charge on any atom is -0.462 e. The Bertz CT molecular complexity index is 2580. The number of allylic oxidation sites excluding steroid dienone is 24. The van der Waals surface area contributed by atoms with Crippen LogP contribution >= 0.6 is 15.6 Å². The van der Waals surface area contributed by atoms with Crippen molar-refractivity contribution in [2.24, 2.45) is 0 Å². The summed E-state index contributed by atoms with van der Waals surface area (Å²) in [6.07, 6.45) is 89.8. The summed E-state index contributed by atoms with van der Waals surface area (Å²) < 4.78 is 68.5. The van der Waals surface area contributed by atoms with Gasteiger partial charge in [0.25, 0.3) is 0 Å². The third-order valence-corrected chi connectivity index (χ3v) is 18.7. The Kier molecular flexibility index (Phi) is 74.3. The minimum atomic E-state index is -5.01. The van der Waals surface area contributed by atoms with Gasteiger partial charge in [-0.2, -0.15) is 0 Å². The van der Waals surface area contributed by atoms with Crippen LogP contribution < -0.4 is 0 Å². The van der Waals surface area contributed by atoms with Crippen molar-refractivity contribution < 1.29 is 80.2 Å². The average Bonchev–Trinajstić information content (AvgIpc) is 0.937. The predicted octanol–water partition coefficient (Wildman–Crippen LogP) is 24.2. The van der Waals surface area contributed by atoms with Gasteiger partial charge in [-0.1, -0.05) is 283 Å². The summed E-state index contributed by atoms with van der Waals surface area (Å²) in [4.78, 5) is 73.0. The first-order valence-electron chi connectivity index (χ1n) is 41.1. The van der Waals surface area contributed by atoms with Gasteiger partial charge in [-0.25, -0.2) is 9.13 Å². The van der Waals surface area contributed by atoms with Crippen LogP contribution in [0.3, 0.4) is 0 Å². The van der Waals surface area contributed by atoms with E-state index < -0.39 is 97.5 Å². The fraction of sp³-hybridized carbons (Fsp3) is 0.678. The molecule has 0 aliphatic heterocycles. The number of rotatable bonds is 76. The van der Waals surface area contributed by atoms with Gasteiger partial charge in [0.1, 0.15) is 19.3 Å². The predicted molar refractivity (Wildman–Crippen MR) is 436 cm³/mol. The number of phosphoric ester groups is 2. The number of esters is 4. The number of aliphatic hydroxyl groups is 1. The Labute approximate surface area is 643 Å². The second kappa shape index (κ2) is 78.1. The summed E-state index contributed by atoms with van der Waals surface area (Å²) in [7, 11) is -10.0. The standard InChI is InChI=1S/C87H146O17P2/c1-5-9-13-17-21-25-29-33-36-38-40-42-45-49-53-57-61-65-69-73-86(91)103-82(77-97-84(89)71-67-63-59-55-51-47-32-28-24-20-16-12-8-4)79-101-105(93,94)99-75-81(88)76-100-106(95,96)102-80-83(78-98-85(90)72-68-64-60-56-52-48-44-35-31-27-23-19-15-11-7-3)104-87(92)74-70-66-62-58-54-50-46-43-41-39-37-34-30-26-22-18-14-10-6-2/h9,13,21-22,25-26,28,32-37,40-44,49-50,53-54,62,66,81-83,88H,5-8,10-12,14-20,23-24,27,29-31,38-39,45-48,51-52,55-61,63-65,67-80H2,1-4H3,(H,93,94)(H,95,96)/b13-9-,25-21-,26-22-,32-28-,36-33-,37-34-,42-40-,43-41-,44-35-,53-49-,54-50-,66-62-/t81-,82+,83+/m0/s1. The lowest BCUT2D eigenvalue weighted by molar-refractivity contribution is -0.161. The molecular formula is C87H146O17P2. The first-order valence-corrected chi connectivity index (χ1v) is 44.1. The monoisotopic (exact) mass is 1530 g/mol. The molecule has 0 aliphatic carbocycles. The van der Waals surface area contributed by atoms with Gasteiger partial charge in [0.15, 0.2) is 12.2 Å². The van der Waals surface area contributed by atoms with E-state index >= 15 is 0 Å². The summed E-state index contributed by atoms with van der Waals surface area (Å²) in [6, 6.07) is 0. The molecule has 0 saturated carbocycles. The summed E-state index contributed by atoms with van der Waals surface area (Å²) in [5.74, 6) is -2.33. The maximum Gasteiger partial charge on any atom is 0.472 e. The molecule has 0 amide bonds. The van der Waals surface area contributed by atoms with Gasteiger partial charge in [-0.3, -0.25) is 37.3 Å². The van der Waals surface area contributed by atoms with E-state index in [1.807, 2.05) is 18.2 Å². The zero-order valence-electron chi connectivity index (χ0n) is 66.3. The lowest BCUT2D eigenvalue weighted by Gasteiger charge is -2.21. The summed E-state index contributed by atoms with van der Waals surface area (Å²) in [6.45, 7) is 4.58. The Morgan fingerprint density at radius 2 is 0.509 bits per heavy atom. The molecule has 5 atom stereocenters. The molecule has 0 spiro atoms. The molecule has 0 radical (unpaired) electrons. The Hall–Kier alpha value is -5.06. The zero-order chi connectivity index (χ0) is 77.4. The van der Waals surface area contributed by atoms with Crippen molar-refractivity contribution >= 4 is 39.5 Å². The molecule has 2 unspecified atom stereocenters. The van der Waals surface area contributed by atoms with E-state index in [1.165, 1.54) is 83.5 Å². The van der Waals surface area contributed by atoms with Gasteiger partial charge >= 0.3 is 39.5 Å². The van der Waals surface area contributed by atoms with Gasteiger partial charge in [0.05, 0.1) is 26.4 Å². The van der Waals surface area contributed by atoms with E-state index in [4.69, 9.17) is 37.0 Å². The van der Waals surface area contributed by atoms with Crippen LogP contribution in [0.5, 0.6) is 0 Å². The van der Waals surface area contributed by atoms with Crippen LogP contribution in [0.25, 0.3) is 0 Å². The van der Waals surface area contributed by atoms with Gasteiger partial charge < -0.3 is 33.8 Å². The van der Waals surface area contributed by atoms with Gasteiger partial charge in [-0.05, 0) is 161 Å². The quantitative estimate of drug-likeness (QED) is 0.0169. The molecule has 3 N–H and O–H groups in total. The molecule has 606 valence electrons. The largest absolute Gasteiger partial charge is 0.472 e. The maximum absolute atomic E-state index is 13.1. The van der Waals surface area contributed by atoms with Crippen LogP contribution in [0.2, 0.25) is 0 Å². The first kappa shape index (κ1) is 101. The van der Waals surface area contributed by atoms with Crippen molar-refractivity contribution in [2.75, 3.05) is 39.6 Å². The summed E-state index contributed by atoms with van der Waals surface area (Å²) in [5, 5.41) is 10.6.